The van der Waals surface area contributed by atoms with E-state index in [4.69, 9.17) is 0 Å². The van der Waals surface area contributed by atoms with Crippen LogP contribution in [0, 0.1) is 0 Å². The van der Waals surface area contributed by atoms with Crippen LogP contribution in [0.15, 0.2) is 0 Å². The Balaban J connectivity index is 0. The summed E-state index contributed by atoms with van der Waals surface area (Å²) in [6, 6.07) is 0. The summed E-state index contributed by atoms with van der Waals surface area (Å²) in [5, 5.41) is 0. The predicted molar refractivity (Wildman–Crippen MR) is 5.75 cm³/mol. The predicted octanol–water partition coefficient (Wildman–Crippen LogP) is -0.388. The van der Waals surface area contributed by atoms with Gasteiger partial charge in [0.25, 0.3) is 0 Å². The second-order valence-electron chi connectivity index (χ2n) is 0. The van der Waals surface area contributed by atoms with Crippen molar-refractivity contribution in [3.8, 4) is 0 Å². The van der Waals surface area contributed by atoms with Crippen molar-refractivity contribution in [2.75, 3.05) is 0 Å². The zero-order valence-corrected chi connectivity index (χ0v) is 13.7. The third-order valence-corrected chi connectivity index (χ3v) is 0. The molecule has 0 saturated carbocycles. The van der Waals surface area contributed by atoms with E-state index in [0.29, 0.717) is 0 Å². The zero-order chi connectivity index (χ0) is 0. The molecule has 4 heteroatoms. The van der Waals surface area contributed by atoms with Crippen molar-refractivity contribution < 1.29 is 65.8 Å². The largest absolute Gasteiger partial charge is 0 e. The minimum absolute atomic E-state index is 0. The van der Waals surface area contributed by atoms with E-state index >= 15 is 0 Å². The van der Waals surface area contributed by atoms with E-state index in [1.807, 2.05) is 0 Å². The Morgan fingerprint density at radius 2 is 1.00 bits per heavy atom. The Hall–Kier alpha value is 3.96. The Morgan fingerprint density at radius 3 is 1.00 bits per heavy atom. The van der Waals surface area contributed by atoms with Crippen molar-refractivity contribution in [1.82, 2.24) is 0 Å². The van der Waals surface area contributed by atoms with Crippen LogP contribution in [0.3, 0.4) is 0 Å². The molecule has 0 aliphatic heterocycles. The van der Waals surface area contributed by atoms with Crippen LogP contribution in [0.5, 0.6) is 0 Å². The van der Waals surface area contributed by atoms with Gasteiger partial charge in [-0.15, -0.1) is 0 Å². The van der Waals surface area contributed by atoms with Crippen LogP contribution in [-0.2, 0) is 65.8 Å². The Bertz CT molecular complexity index is 8.00. The molecular weight excluding hydrogens is 470 g/mol. The van der Waals surface area contributed by atoms with Crippen molar-refractivity contribution in [3.63, 3.8) is 0 Å². The van der Waals surface area contributed by atoms with Crippen LogP contribution in [0.4, 0.5) is 0 Å². The van der Waals surface area contributed by atoms with Crippen LogP contribution >= 0.6 is 0 Å². The standard InChI is InChI=1S/Ir.Rb.Ru.Zr. The number of rotatable bonds is 0. The van der Waals surface area contributed by atoms with Crippen LogP contribution < -0.4 is 0 Å². The van der Waals surface area contributed by atoms with E-state index in [2.05, 4.69) is 0 Å². The summed E-state index contributed by atoms with van der Waals surface area (Å²) >= 11 is 0. The minimum atomic E-state index is 0. The van der Waals surface area contributed by atoms with Gasteiger partial charge in [-0.25, -0.2) is 0 Å². The van der Waals surface area contributed by atoms with Crippen LogP contribution in [0.2, 0.25) is 0 Å². The minimum Gasteiger partial charge on any atom is 0 e. The van der Waals surface area contributed by atoms with E-state index in [-0.39, 0.29) is 124 Å². The first-order valence-electron chi connectivity index (χ1n) is 0. The van der Waals surface area contributed by atoms with Gasteiger partial charge >= 0.3 is 0 Å². The molecule has 0 aromatic rings. The number of hydrogen-bond acceptors (Lipinski definition) is 0. The molecule has 0 aromatic carbocycles. The van der Waals surface area contributed by atoms with Crippen molar-refractivity contribution in [1.29, 1.82) is 0 Å². The molecule has 4 heavy (non-hydrogen) atoms. The normalized spacial score (nSPS) is 0. The molecule has 22 valence electrons. The monoisotopic (exact) mass is 470 g/mol. The third kappa shape index (κ3) is 9.35. The Kier molecular flexibility index (Phi) is 96.9. The van der Waals surface area contributed by atoms with Crippen LogP contribution in [-0.4, -0.2) is 58.2 Å². The van der Waals surface area contributed by atoms with E-state index in [1.165, 1.54) is 0 Å². The van der Waals surface area contributed by atoms with Gasteiger partial charge in [-0.2, -0.15) is 0 Å². The summed E-state index contributed by atoms with van der Waals surface area (Å²) in [5.74, 6) is 0. The molecule has 0 aliphatic rings. The molecule has 0 fully saturated rings. The Morgan fingerprint density at radius 1 is 1.00 bits per heavy atom. The van der Waals surface area contributed by atoms with Gasteiger partial charge in [0.2, 0.25) is 0 Å². The van der Waals surface area contributed by atoms with Crippen molar-refractivity contribution in [2.45, 2.75) is 0 Å². The van der Waals surface area contributed by atoms with Crippen LogP contribution in [0.1, 0.15) is 0 Å². The molecule has 0 atom stereocenters. The number of hydrogen-bond donors (Lipinski definition) is 0. The molecule has 0 N–H and O–H groups in total. The summed E-state index contributed by atoms with van der Waals surface area (Å²) in [5.41, 5.74) is 0. The van der Waals surface area contributed by atoms with Gasteiger partial charge in [-0.05, 0) is 0 Å². The zero-order valence-electron chi connectivity index (χ0n) is 2.19. The van der Waals surface area contributed by atoms with Crippen LogP contribution in [0.25, 0.3) is 0 Å². The first-order chi connectivity index (χ1) is 0. The quantitative estimate of drug-likeness (QED) is 0.424. The maximum Gasteiger partial charge on any atom is 0 e. The molecule has 0 amide bonds. The molecule has 0 unspecified atom stereocenters. The molecule has 0 nitrogen and oxygen atoms in total. The second-order valence-corrected chi connectivity index (χ2v) is 0. The van der Waals surface area contributed by atoms with Gasteiger partial charge in [0.15, 0.2) is 0 Å². The van der Waals surface area contributed by atoms with Crippen molar-refractivity contribution in [2.24, 2.45) is 0 Å². The molecule has 0 spiro atoms. The molecule has 0 rings (SSSR count). The summed E-state index contributed by atoms with van der Waals surface area (Å²) in [7, 11) is 0. The topological polar surface area (TPSA) is 0 Å². The first-order valence-corrected chi connectivity index (χ1v) is 0. The summed E-state index contributed by atoms with van der Waals surface area (Å²) in [6.07, 6.45) is 0. The molecule has 2 radical (unpaired) electrons. The van der Waals surface area contributed by atoms with Gasteiger partial charge in [-0.3, -0.25) is 0 Å². The third-order valence-electron chi connectivity index (χ3n) is 0. The average molecular weight is 470 g/mol. The maximum atomic E-state index is 0. The maximum absolute atomic E-state index is 0. The van der Waals surface area contributed by atoms with E-state index in [1.54, 1.807) is 0 Å². The molecule has 0 saturated heterocycles. The van der Waals surface area contributed by atoms with Crippen molar-refractivity contribution in [3.05, 3.63) is 0 Å². The smallest absolute Gasteiger partial charge is 0 e. The summed E-state index contributed by atoms with van der Waals surface area (Å²) < 4.78 is 0. The van der Waals surface area contributed by atoms with Gasteiger partial charge in [0, 0.05) is 124 Å². The van der Waals surface area contributed by atoms with Gasteiger partial charge in [0.05, 0.1) is 0 Å². The molecule has 0 heterocycles. The summed E-state index contributed by atoms with van der Waals surface area (Å²) in [6.45, 7) is 0. The Labute approximate surface area is 120 Å². The summed E-state index contributed by atoms with van der Waals surface area (Å²) in [4.78, 5) is 0. The van der Waals surface area contributed by atoms with Crippen molar-refractivity contribution >= 4 is 58.2 Å². The van der Waals surface area contributed by atoms with Gasteiger partial charge < -0.3 is 0 Å². The fourth-order valence-electron chi connectivity index (χ4n) is 0. The average Bonchev–Trinajstić information content (AvgIpc) is 0. The van der Waals surface area contributed by atoms with E-state index in [0.717, 1.165) is 0 Å². The SMILES string of the molecule is [Ir].[Rb].[Ru].[Zr]. The molecular formula is IrRbRuZr. The van der Waals surface area contributed by atoms with Gasteiger partial charge in [-0.1, -0.05) is 0 Å². The fraction of sp³-hybridized carbons (Fsp3) is 0. The van der Waals surface area contributed by atoms with Gasteiger partial charge in [0.1, 0.15) is 0 Å². The molecule has 0 bridgehead atoms. The molecule has 0 aromatic heterocycles. The molecule has 0 aliphatic carbocycles. The fourth-order valence-corrected chi connectivity index (χ4v) is 0. The van der Waals surface area contributed by atoms with E-state index < -0.39 is 0 Å². The first kappa shape index (κ1) is 24.6. The second kappa shape index (κ2) is 15.8. The van der Waals surface area contributed by atoms with E-state index in [9.17, 15) is 0 Å².